The van der Waals surface area contributed by atoms with Crippen LogP contribution in [0.3, 0.4) is 0 Å². The van der Waals surface area contributed by atoms with E-state index in [1.54, 1.807) is 0 Å². The van der Waals surface area contributed by atoms with Crippen LogP contribution in [0.15, 0.2) is 30.6 Å². The van der Waals surface area contributed by atoms with Gasteiger partial charge in [-0.05, 0) is 43.9 Å². The lowest BCUT2D eigenvalue weighted by atomic mass is 9.77. The summed E-state index contributed by atoms with van der Waals surface area (Å²) in [5.41, 5.74) is 6.03. The van der Waals surface area contributed by atoms with Crippen molar-refractivity contribution in [3.05, 3.63) is 36.3 Å². The predicted octanol–water partition coefficient (Wildman–Crippen LogP) is 2.93. The fourth-order valence-corrected chi connectivity index (χ4v) is 5.34. The number of aromatic amines is 1. The number of rotatable bonds is 2. The van der Waals surface area contributed by atoms with Gasteiger partial charge in [0.15, 0.2) is 5.65 Å². The van der Waals surface area contributed by atoms with E-state index in [1.807, 2.05) is 31.0 Å². The highest BCUT2D eigenvalue weighted by molar-refractivity contribution is 6.01. The molecule has 0 saturated carbocycles. The first kappa shape index (κ1) is 18.4. The van der Waals surface area contributed by atoms with Crippen LogP contribution in [-0.2, 0) is 11.8 Å². The molecule has 1 aromatic carbocycles. The highest BCUT2D eigenvalue weighted by atomic mass is 16.2. The molecule has 158 valence electrons. The second-order valence-corrected chi connectivity index (χ2v) is 8.88. The number of aryl methyl sites for hydroxylation is 2. The Morgan fingerprint density at radius 1 is 1.13 bits per heavy atom. The third-order valence-electron chi connectivity index (χ3n) is 7.20. The fraction of sp³-hybridized carbons (Fsp3) is 0.391. The van der Waals surface area contributed by atoms with Crippen molar-refractivity contribution < 1.29 is 4.79 Å². The molecule has 2 aliphatic heterocycles. The maximum atomic E-state index is 12.5. The molecule has 8 nitrogen and oxygen atoms in total. The normalized spacial score (nSPS) is 18.4. The SMILES string of the molecule is Cc1[nH]nc2ncc(-c3ccc4c(cnn4C)c3)c(N3CCC4(CCNC4=O)CC3)c12. The van der Waals surface area contributed by atoms with Gasteiger partial charge in [-0.3, -0.25) is 14.6 Å². The predicted molar refractivity (Wildman–Crippen MR) is 120 cm³/mol. The number of fused-ring (bicyclic) bond motifs is 2. The van der Waals surface area contributed by atoms with E-state index in [9.17, 15) is 4.79 Å². The van der Waals surface area contributed by atoms with Gasteiger partial charge in [-0.15, -0.1) is 0 Å². The van der Waals surface area contributed by atoms with E-state index < -0.39 is 0 Å². The third-order valence-corrected chi connectivity index (χ3v) is 7.20. The van der Waals surface area contributed by atoms with Crippen molar-refractivity contribution in [1.29, 1.82) is 0 Å². The van der Waals surface area contributed by atoms with Gasteiger partial charge in [0, 0.05) is 49.5 Å². The van der Waals surface area contributed by atoms with E-state index in [1.165, 1.54) is 0 Å². The quantitative estimate of drug-likeness (QED) is 0.525. The van der Waals surface area contributed by atoms with Gasteiger partial charge in [0.05, 0.1) is 28.2 Å². The molecule has 1 spiro atoms. The molecule has 1 amide bonds. The molecule has 31 heavy (non-hydrogen) atoms. The lowest BCUT2D eigenvalue weighted by Crippen LogP contribution is -2.44. The van der Waals surface area contributed by atoms with E-state index >= 15 is 0 Å². The number of aromatic nitrogens is 5. The van der Waals surface area contributed by atoms with Crippen molar-refractivity contribution in [2.45, 2.75) is 26.2 Å². The minimum Gasteiger partial charge on any atom is -0.370 e. The van der Waals surface area contributed by atoms with E-state index in [-0.39, 0.29) is 11.3 Å². The van der Waals surface area contributed by atoms with Crippen LogP contribution in [0.1, 0.15) is 25.0 Å². The summed E-state index contributed by atoms with van der Waals surface area (Å²) in [6.07, 6.45) is 6.53. The van der Waals surface area contributed by atoms with E-state index in [0.29, 0.717) is 0 Å². The minimum atomic E-state index is -0.192. The first-order chi connectivity index (χ1) is 15.1. The largest absolute Gasteiger partial charge is 0.370 e. The van der Waals surface area contributed by atoms with E-state index in [4.69, 9.17) is 0 Å². The number of nitrogens with zero attached hydrogens (tertiary/aromatic N) is 5. The van der Waals surface area contributed by atoms with Gasteiger partial charge in [-0.1, -0.05) is 6.07 Å². The molecule has 5 heterocycles. The standard InChI is InChI=1S/C23H25N7O/c1-14-19-20(30-9-6-23(7-10-30)5-8-24-22(23)31)17(13-25-21(19)28-27-14)15-3-4-18-16(11-15)12-26-29(18)2/h3-4,11-13H,5-10H2,1-2H3,(H,24,31)(H,25,27,28). The summed E-state index contributed by atoms with van der Waals surface area (Å²) in [5, 5.41) is 17.1. The van der Waals surface area contributed by atoms with Crippen molar-refractivity contribution in [2.24, 2.45) is 12.5 Å². The van der Waals surface area contributed by atoms with Crippen LogP contribution in [0.25, 0.3) is 33.1 Å². The van der Waals surface area contributed by atoms with Crippen LogP contribution in [0, 0.1) is 12.3 Å². The molecule has 2 fully saturated rings. The number of nitrogens with one attached hydrogen (secondary N) is 2. The highest BCUT2D eigenvalue weighted by Gasteiger charge is 2.44. The molecular weight excluding hydrogens is 390 g/mol. The molecule has 0 radical (unpaired) electrons. The van der Waals surface area contributed by atoms with Crippen LogP contribution in [-0.4, -0.2) is 50.5 Å². The molecule has 4 aromatic rings. The molecule has 0 atom stereocenters. The molecule has 2 aliphatic rings. The van der Waals surface area contributed by atoms with Gasteiger partial charge in [-0.25, -0.2) is 4.98 Å². The van der Waals surface area contributed by atoms with E-state index in [2.05, 4.69) is 48.7 Å². The lowest BCUT2D eigenvalue weighted by molar-refractivity contribution is -0.128. The van der Waals surface area contributed by atoms with Gasteiger partial charge in [-0.2, -0.15) is 10.2 Å². The molecule has 3 aromatic heterocycles. The molecule has 0 bridgehead atoms. The van der Waals surface area contributed by atoms with Gasteiger partial charge < -0.3 is 10.2 Å². The Bertz CT molecular complexity index is 1330. The van der Waals surface area contributed by atoms with Crippen LogP contribution < -0.4 is 10.2 Å². The number of H-pyrrole nitrogens is 1. The Morgan fingerprint density at radius 3 is 2.74 bits per heavy atom. The van der Waals surface area contributed by atoms with Gasteiger partial charge >= 0.3 is 0 Å². The summed E-state index contributed by atoms with van der Waals surface area (Å²) in [7, 11) is 1.96. The van der Waals surface area contributed by atoms with Crippen molar-refractivity contribution in [3.8, 4) is 11.1 Å². The number of piperidine rings is 1. The molecular formula is C23H25N7O. The first-order valence-corrected chi connectivity index (χ1v) is 10.8. The van der Waals surface area contributed by atoms with Crippen molar-refractivity contribution >= 4 is 33.5 Å². The maximum absolute atomic E-state index is 12.5. The van der Waals surface area contributed by atoms with E-state index in [0.717, 1.165) is 83.3 Å². The Kier molecular flexibility index (Phi) is 3.87. The second kappa shape index (κ2) is 6.54. The molecule has 6 rings (SSSR count). The van der Waals surface area contributed by atoms with Gasteiger partial charge in [0.25, 0.3) is 0 Å². The number of carbonyl (C=O) groups excluding carboxylic acids is 1. The highest BCUT2D eigenvalue weighted by Crippen LogP contribution is 2.44. The number of carbonyl (C=O) groups is 1. The number of amides is 1. The van der Waals surface area contributed by atoms with Crippen molar-refractivity contribution in [2.75, 3.05) is 24.5 Å². The van der Waals surface area contributed by atoms with Crippen LogP contribution in [0.4, 0.5) is 5.69 Å². The van der Waals surface area contributed by atoms with Crippen LogP contribution >= 0.6 is 0 Å². The second-order valence-electron chi connectivity index (χ2n) is 8.88. The summed E-state index contributed by atoms with van der Waals surface area (Å²) in [5.74, 6) is 0.230. The average Bonchev–Trinajstić information content (AvgIpc) is 3.46. The molecule has 0 unspecified atom stereocenters. The number of hydrogen-bond donors (Lipinski definition) is 2. The third kappa shape index (κ3) is 2.67. The van der Waals surface area contributed by atoms with Crippen LogP contribution in [0.5, 0.6) is 0 Å². The maximum Gasteiger partial charge on any atom is 0.226 e. The van der Waals surface area contributed by atoms with Crippen molar-refractivity contribution in [3.63, 3.8) is 0 Å². The monoisotopic (exact) mass is 415 g/mol. The topological polar surface area (TPSA) is 91.7 Å². The summed E-state index contributed by atoms with van der Waals surface area (Å²) in [6.45, 7) is 4.54. The smallest absolute Gasteiger partial charge is 0.226 e. The average molecular weight is 416 g/mol. The fourth-order valence-electron chi connectivity index (χ4n) is 5.34. The number of hydrogen-bond acceptors (Lipinski definition) is 5. The number of anilines is 1. The Balaban J connectivity index is 1.47. The number of benzene rings is 1. The minimum absolute atomic E-state index is 0.192. The lowest BCUT2D eigenvalue weighted by Gasteiger charge is -2.39. The Morgan fingerprint density at radius 2 is 1.97 bits per heavy atom. The Labute approximate surface area is 179 Å². The summed E-state index contributed by atoms with van der Waals surface area (Å²) in [4.78, 5) is 19.5. The molecule has 2 saturated heterocycles. The molecule has 8 heteroatoms. The number of pyridine rings is 1. The zero-order valence-corrected chi connectivity index (χ0v) is 17.8. The molecule has 2 N–H and O–H groups in total. The Hall–Kier alpha value is -3.42. The summed E-state index contributed by atoms with van der Waals surface area (Å²) in [6, 6.07) is 6.43. The van der Waals surface area contributed by atoms with Gasteiger partial charge in [0.2, 0.25) is 5.91 Å². The van der Waals surface area contributed by atoms with Crippen molar-refractivity contribution in [1.82, 2.24) is 30.3 Å². The summed E-state index contributed by atoms with van der Waals surface area (Å²) >= 11 is 0. The van der Waals surface area contributed by atoms with Crippen LogP contribution in [0.2, 0.25) is 0 Å². The first-order valence-electron chi connectivity index (χ1n) is 10.8. The summed E-state index contributed by atoms with van der Waals surface area (Å²) < 4.78 is 1.89. The zero-order chi connectivity index (χ0) is 21.2. The molecule has 0 aliphatic carbocycles. The van der Waals surface area contributed by atoms with Gasteiger partial charge in [0.1, 0.15) is 0 Å². The zero-order valence-electron chi connectivity index (χ0n) is 17.8.